The fourth-order valence-electron chi connectivity index (χ4n) is 3.29. The van der Waals surface area contributed by atoms with Crippen molar-refractivity contribution in [1.82, 2.24) is 5.32 Å². The molecule has 2 aromatic carbocycles. The van der Waals surface area contributed by atoms with Crippen LogP contribution in [-0.4, -0.2) is 22.6 Å². The van der Waals surface area contributed by atoms with E-state index in [1.54, 1.807) is 18.2 Å². The van der Waals surface area contributed by atoms with Crippen LogP contribution in [0, 0.1) is 5.82 Å². The molecule has 2 aromatic rings. The lowest BCUT2D eigenvalue weighted by Gasteiger charge is -2.38. The van der Waals surface area contributed by atoms with Gasteiger partial charge in [0.1, 0.15) is 17.2 Å². The Labute approximate surface area is 157 Å². The number of fused-ring (bicyclic) bond motifs is 1. The van der Waals surface area contributed by atoms with Crippen LogP contribution >= 0.6 is 0 Å². The van der Waals surface area contributed by atoms with E-state index in [4.69, 9.17) is 9.84 Å². The molecule has 0 bridgehead atoms. The monoisotopic (exact) mass is 371 g/mol. The molecule has 1 aliphatic heterocycles. The average molecular weight is 371 g/mol. The molecule has 1 unspecified atom stereocenters. The molecule has 1 amide bonds. The van der Waals surface area contributed by atoms with Crippen molar-refractivity contribution in [2.45, 2.75) is 44.8 Å². The topological polar surface area (TPSA) is 75.6 Å². The Morgan fingerprint density at radius 3 is 2.59 bits per heavy atom. The van der Waals surface area contributed by atoms with Gasteiger partial charge in [-0.05, 0) is 44.0 Å². The number of hydrogen-bond acceptors (Lipinski definition) is 3. The number of aromatic carboxylic acids is 1. The summed E-state index contributed by atoms with van der Waals surface area (Å²) in [4.78, 5) is 23.3. The van der Waals surface area contributed by atoms with Crippen LogP contribution in [0.2, 0.25) is 0 Å². The maximum Gasteiger partial charge on any atom is 0.335 e. The van der Waals surface area contributed by atoms with Gasteiger partial charge < -0.3 is 15.2 Å². The van der Waals surface area contributed by atoms with E-state index in [0.717, 1.165) is 11.1 Å². The summed E-state index contributed by atoms with van der Waals surface area (Å²) < 4.78 is 19.4. The number of aryl methyl sites for hydroxylation is 1. The maximum atomic E-state index is 13.5. The molecular formula is C21H22FNO4. The number of benzene rings is 2. The molecule has 0 spiro atoms. The molecular weight excluding hydrogens is 349 g/mol. The Hall–Kier alpha value is -2.89. The van der Waals surface area contributed by atoms with E-state index < -0.39 is 11.6 Å². The van der Waals surface area contributed by atoms with Crippen LogP contribution in [0.15, 0.2) is 42.5 Å². The van der Waals surface area contributed by atoms with Gasteiger partial charge in [0, 0.05) is 24.5 Å². The van der Waals surface area contributed by atoms with Crippen molar-refractivity contribution in [2.75, 3.05) is 0 Å². The highest BCUT2D eigenvalue weighted by atomic mass is 19.1. The van der Waals surface area contributed by atoms with Gasteiger partial charge >= 0.3 is 5.97 Å². The number of nitrogens with one attached hydrogen (secondary N) is 1. The zero-order valence-electron chi connectivity index (χ0n) is 15.3. The minimum Gasteiger partial charge on any atom is -0.487 e. The van der Waals surface area contributed by atoms with Crippen LogP contribution < -0.4 is 10.1 Å². The number of amides is 1. The third kappa shape index (κ3) is 4.64. The number of carboxylic acids is 1. The van der Waals surface area contributed by atoms with Gasteiger partial charge in [-0.3, -0.25) is 4.79 Å². The van der Waals surface area contributed by atoms with E-state index >= 15 is 0 Å². The summed E-state index contributed by atoms with van der Waals surface area (Å²) >= 11 is 0. The van der Waals surface area contributed by atoms with E-state index in [9.17, 15) is 14.0 Å². The maximum absolute atomic E-state index is 13.5. The number of carbonyl (C=O) groups excluding carboxylic acids is 1. The first kappa shape index (κ1) is 18.9. The number of ether oxygens (including phenoxy) is 1. The van der Waals surface area contributed by atoms with E-state index in [-0.39, 0.29) is 29.8 Å². The van der Waals surface area contributed by atoms with Crippen molar-refractivity contribution in [3.8, 4) is 5.75 Å². The van der Waals surface area contributed by atoms with Gasteiger partial charge in [0.2, 0.25) is 5.91 Å². The Balaban J connectivity index is 1.64. The van der Waals surface area contributed by atoms with Crippen molar-refractivity contribution in [1.29, 1.82) is 0 Å². The molecule has 1 aliphatic rings. The molecule has 0 saturated carbocycles. The summed E-state index contributed by atoms with van der Waals surface area (Å²) in [6.07, 6.45) is 1.38. The normalized spacial score (nSPS) is 17.5. The molecule has 0 aliphatic carbocycles. The molecule has 0 fully saturated rings. The molecule has 0 radical (unpaired) electrons. The molecule has 1 atom stereocenters. The lowest BCUT2D eigenvalue weighted by Crippen LogP contribution is -2.41. The van der Waals surface area contributed by atoms with Gasteiger partial charge in [-0.2, -0.15) is 0 Å². The van der Waals surface area contributed by atoms with E-state index in [1.165, 1.54) is 24.3 Å². The SMILES string of the molecule is CC1(C)CC(NC(=O)CCc2ccc(C(=O)O)cc2)c2ccc(F)cc2O1. The summed E-state index contributed by atoms with van der Waals surface area (Å²) in [6.45, 7) is 3.81. The highest BCUT2D eigenvalue weighted by Gasteiger charge is 2.34. The second kappa shape index (κ2) is 7.39. The molecule has 6 heteroatoms. The summed E-state index contributed by atoms with van der Waals surface area (Å²) in [5.41, 5.74) is 1.38. The minimum atomic E-state index is -0.975. The highest BCUT2D eigenvalue weighted by Crippen LogP contribution is 2.39. The fourth-order valence-corrected chi connectivity index (χ4v) is 3.29. The Morgan fingerprint density at radius 2 is 1.93 bits per heavy atom. The number of hydrogen-bond donors (Lipinski definition) is 2. The van der Waals surface area contributed by atoms with Crippen LogP contribution in [0.25, 0.3) is 0 Å². The predicted molar refractivity (Wildman–Crippen MR) is 98.3 cm³/mol. The first-order valence-electron chi connectivity index (χ1n) is 8.83. The van der Waals surface area contributed by atoms with Crippen molar-refractivity contribution in [3.05, 3.63) is 65.0 Å². The van der Waals surface area contributed by atoms with Crippen LogP contribution in [0.3, 0.4) is 0 Å². The summed E-state index contributed by atoms with van der Waals surface area (Å²) in [7, 11) is 0. The van der Waals surface area contributed by atoms with Gasteiger partial charge in [0.05, 0.1) is 11.6 Å². The van der Waals surface area contributed by atoms with Crippen LogP contribution in [0.5, 0.6) is 5.75 Å². The molecule has 5 nitrogen and oxygen atoms in total. The van der Waals surface area contributed by atoms with Crippen LogP contribution in [0.4, 0.5) is 4.39 Å². The molecule has 2 N–H and O–H groups in total. The van der Waals surface area contributed by atoms with Crippen molar-refractivity contribution >= 4 is 11.9 Å². The largest absolute Gasteiger partial charge is 0.487 e. The number of rotatable bonds is 5. The Kier molecular flexibility index (Phi) is 5.17. The summed E-state index contributed by atoms with van der Waals surface area (Å²) in [5, 5.41) is 11.9. The van der Waals surface area contributed by atoms with Gasteiger partial charge in [0.25, 0.3) is 0 Å². The zero-order chi connectivity index (χ0) is 19.6. The molecule has 0 saturated heterocycles. The smallest absolute Gasteiger partial charge is 0.335 e. The van der Waals surface area contributed by atoms with Gasteiger partial charge in [0.15, 0.2) is 0 Å². The van der Waals surface area contributed by atoms with E-state index in [0.29, 0.717) is 18.6 Å². The van der Waals surface area contributed by atoms with Crippen molar-refractivity contribution in [3.63, 3.8) is 0 Å². The predicted octanol–water partition coefficient (Wildman–Crippen LogP) is 3.88. The number of carbonyl (C=O) groups is 2. The van der Waals surface area contributed by atoms with Crippen molar-refractivity contribution in [2.24, 2.45) is 0 Å². The number of carboxylic acid groups (broad SMARTS) is 1. The van der Waals surface area contributed by atoms with E-state index in [2.05, 4.69) is 5.32 Å². The standard InChI is InChI=1S/C21H22FNO4/c1-21(2)12-17(16-9-8-15(22)11-18(16)27-21)23-19(24)10-5-13-3-6-14(7-4-13)20(25)26/h3-4,6-9,11,17H,5,10,12H2,1-2H3,(H,23,24)(H,25,26). The number of halogens is 1. The minimum absolute atomic E-state index is 0.115. The average Bonchev–Trinajstić information content (AvgIpc) is 2.59. The molecule has 142 valence electrons. The molecule has 0 aromatic heterocycles. The summed E-state index contributed by atoms with van der Waals surface area (Å²) in [5.74, 6) is -1.01. The second-order valence-electron chi connectivity index (χ2n) is 7.37. The molecule has 27 heavy (non-hydrogen) atoms. The Morgan fingerprint density at radius 1 is 1.22 bits per heavy atom. The second-order valence-corrected chi connectivity index (χ2v) is 7.37. The van der Waals surface area contributed by atoms with Crippen LogP contribution in [0.1, 0.15) is 54.2 Å². The quantitative estimate of drug-likeness (QED) is 0.836. The molecule has 1 heterocycles. The molecule has 3 rings (SSSR count). The van der Waals surface area contributed by atoms with Crippen molar-refractivity contribution < 1.29 is 23.8 Å². The Bertz CT molecular complexity index is 861. The van der Waals surface area contributed by atoms with Gasteiger partial charge in [-0.15, -0.1) is 0 Å². The first-order valence-corrected chi connectivity index (χ1v) is 8.83. The lowest BCUT2D eigenvalue weighted by atomic mass is 9.89. The van der Waals surface area contributed by atoms with Gasteiger partial charge in [-0.1, -0.05) is 18.2 Å². The first-order chi connectivity index (χ1) is 12.7. The third-order valence-electron chi connectivity index (χ3n) is 4.61. The lowest BCUT2D eigenvalue weighted by molar-refractivity contribution is -0.122. The highest BCUT2D eigenvalue weighted by molar-refractivity contribution is 5.87. The third-order valence-corrected chi connectivity index (χ3v) is 4.61. The van der Waals surface area contributed by atoms with E-state index in [1.807, 2.05) is 13.8 Å². The zero-order valence-corrected chi connectivity index (χ0v) is 15.3. The fraction of sp³-hybridized carbons (Fsp3) is 0.333. The summed E-state index contributed by atoms with van der Waals surface area (Å²) in [6, 6.07) is 10.6. The van der Waals surface area contributed by atoms with Crippen LogP contribution in [-0.2, 0) is 11.2 Å². The van der Waals surface area contributed by atoms with Gasteiger partial charge in [-0.25, -0.2) is 9.18 Å².